The number of nitrogens with one attached hydrogen (secondary N) is 14. The first kappa shape index (κ1) is 97.3. The molecule has 2 rings (SSSR count). The van der Waals surface area contributed by atoms with Crippen LogP contribution in [0, 0.1) is 23.7 Å². The first-order valence-electron chi connectivity index (χ1n) is 37.6. The SMILES string of the molecule is CC[C@H](C)[C@H](NC(=O)[C@H](CC(=O)O)NC(=O)[C@H](C)NC(=O)[C@H](Cc1ccccc1)NC(=O)CN)C(=O)N[C@@H](Cc1ccccc1)C(=O)NCC(=O)N[C@@H](CCCCN)C(=O)N[C@H](C(=O)N[C@@H](C)C(=O)N[C@@H](CC(N)=O)C(=O)N[C@@H](CC(C)C)C(=O)N[C@H](C(=O)N[C@@H](CCCCN)C(=O)N[C@@H](CO)C(N)=O)[C@@H](C)CC)C(C)C. The largest absolute Gasteiger partial charge is 0.481 e. The van der Waals surface area contributed by atoms with Crippen LogP contribution in [0.1, 0.15) is 151 Å². The number of carboxylic acids is 1. The van der Waals surface area contributed by atoms with Crippen LogP contribution in [0.15, 0.2) is 60.7 Å². The van der Waals surface area contributed by atoms with Crippen LogP contribution in [0.25, 0.3) is 0 Å². The Morgan fingerprint density at radius 2 is 0.750 bits per heavy atom. The van der Waals surface area contributed by atoms with Gasteiger partial charge in [-0.1, -0.05) is 129 Å². The van der Waals surface area contributed by atoms with Crippen molar-refractivity contribution in [2.75, 3.05) is 32.8 Å². The van der Waals surface area contributed by atoms with Crippen molar-refractivity contribution >= 4 is 100 Å². The number of rotatable bonds is 53. The molecule has 624 valence electrons. The summed E-state index contributed by atoms with van der Waals surface area (Å²) in [6, 6.07) is -1.92. The highest BCUT2D eigenvalue weighted by molar-refractivity contribution is 6.01. The first-order chi connectivity index (χ1) is 52.8. The molecule has 2 aromatic rings. The molecule has 38 heteroatoms. The summed E-state index contributed by atoms with van der Waals surface area (Å²) in [6.07, 6.45) is 0.0249. The number of amides is 16. The van der Waals surface area contributed by atoms with E-state index in [0.717, 1.165) is 0 Å². The summed E-state index contributed by atoms with van der Waals surface area (Å²) < 4.78 is 0. The molecule has 0 fully saturated rings. The fraction of sp³-hybridized carbons (Fsp3) is 0.608. The van der Waals surface area contributed by atoms with Crippen molar-refractivity contribution in [3.8, 4) is 0 Å². The van der Waals surface area contributed by atoms with Crippen LogP contribution in [-0.2, 0) is 94.3 Å². The van der Waals surface area contributed by atoms with Gasteiger partial charge in [-0.15, -0.1) is 0 Å². The Balaban J connectivity index is 2.34. The summed E-state index contributed by atoms with van der Waals surface area (Å²) in [4.78, 5) is 230. The topological polar surface area (TPSA) is 629 Å². The maximum absolute atomic E-state index is 14.4. The molecule has 0 unspecified atom stereocenters. The number of carboxylic acid groups (broad SMARTS) is 1. The van der Waals surface area contributed by atoms with E-state index in [1.165, 1.54) is 13.8 Å². The molecule has 0 aliphatic heterocycles. The number of aliphatic carboxylic acids is 1. The number of hydrogen-bond acceptors (Lipinski definition) is 21. The zero-order chi connectivity index (χ0) is 84.5. The van der Waals surface area contributed by atoms with E-state index in [4.69, 9.17) is 28.7 Å². The van der Waals surface area contributed by atoms with Gasteiger partial charge in [0.15, 0.2) is 0 Å². The summed E-state index contributed by atoms with van der Waals surface area (Å²) in [6.45, 7) is 14.1. The zero-order valence-electron chi connectivity index (χ0n) is 65.5. The maximum atomic E-state index is 14.4. The van der Waals surface area contributed by atoms with Gasteiger partial charge in [0.05, 0.1) is 32.5 Å². The molecule has 26 N–H and O–H groups in total. The number of nitrogens with two attached hydrogens (primary N) is 5. The van der Waals surface area contributed by atoms with Crippen LogP contribution < -0.4 is 103 Å². The van der Waals surface area contributed by atoms with Gasteiger partial charge in [-0.05, 0) is 107 Å². The minimum absolute atomic E-state index is 0.00586. The van der Waals surface area contributed by atoms with Gasteiger partial charge in [0.2, 0.25) is 94.5 Å². The third-order valence-electron chi connectivity index (χ3n) is 18.2. The van der Waals surface area contributed by atoms with Crippen molar-refractivity contribution in [3.05, 3.63) is 71.8 Å². The molecule has 0 heterocycles. The van der Waals surface area contributed by atoms with Crippen LogP contribution >= 0.6 is 0 Å². The minimum Gasteiger partial charge on any atom is -0.481 e. The van der Waals surface area contributed by atoms with E-state index in [1.54, 1.807) is 116 Å². The van der Waals surface area contributed by atoms with Crippen molar-refractivity contribution < 1.29 is 91.7 Å². The second-order valence-electron chi connectivity index (χ2n) is 28.4. The number of hydrogen-bond donors (Lipinski definition) is 21. The maximum Gasteiger partial charge on any atom is 0.305 e. The molecule has 112 heavy (non-hydrogen) atoms. The predicted molar refractivity (Wildman–Crippen MR) is 410 cm³/mol. The highest BCUT2D eigenvalue weighted by atomic mass is 16.4. The summed E-state index contributed by atoms with van der Waals surface area (Å²) in [5, 5.41) is 54.5. The Morgan fingerprint density at radius 1 is 0.384 bits per heavy atom. The van der Waals surface area contributed by atoms with E-state index >= 15 is 0 Å². The Morgan fingerprint density at radius 3 is 1.18 bits per heavy atom. The lowest BCUT2D eigenvalue weighted by atomic mass is 9.96. The van der Waals surface area contributed by atoms with E-state index in [1.807, 2.05) is 0 Å². The van der Waals surface area contributed by atoms with Gasteiger partial charge in [0, 0.05) is 12.8 Å². The van der Waals surface area contributed by atoms with Crippen LogP contribution in [0.3, 0.4) is 0 Å². The third kappa shape index (κ3) is 35.5. The average molecular weight is 1580 g/mol. The number of primary amides is 2. The fourth-order valence-corrected chi connectivity index (χ4v) is 11.2. The van der Waals surface area contributed by atoms with E-state index in [9.17, 15) is 91.7 Å². The van der Waals surface area contributed by atoms with E-state index in [0.29, 0.717) is 36.8 Å². The van der Waals surface area contributed by atoms with Gasteiger partial charge in [-0.3, -0.25) is 81.5 Å². The smallest absolute Gasteiger partial charge is 0.305 e. The lowest BCUT2D eigenvalue weighted by Crippen LogP contribution is -2.61. The molecule has 0 aromatic heterocycles. The Kier molecular flexibility index (Phi) is 44.3. The molecule has 0 spiro atoms. The summed E-state index contributed by atoms with van der Waals surface area (Å²) in [7, 11) is 0. The van der Waals surface area contributed by atoms with E-state index in [-0.39, 0.29) is 64.0 Å². The molecule has 0 bridgehead atoms. The molecular weight excluding hydrogens is 1460 g/mol. The summed E-state index contributed by atoms with van der Waals surface area (Å²) in [5.41, 5.74) is 29.0. The average Bonchev–Trinajstić information content (AvgIpc) is 0.913. The van der Waals surface area contributed by atoms with Crippen LogP contribution in [-0.4, -0.2) is 222 Å². The van der Waals surface area contributed by atoms with Crippen LogP contribution in [0.2, 0.25) is 0 Å². The quantitative estimate of drug-likeness (QED) is 0.0275. The molecule has 0 aliphatic carbocycles. The van der Waals surface area contributed by atoms with Crippen molar-refractivity contribution in [1.82, 2.24) is 74.4 Å². The van der Waals surface area contributed by atoms with Gasteiger partial charge in [-0.25, -0.2) is 0 Å². The van der Waals surface area contributed by atoms with Gasteiger partial charge in [0.25, 0.3) is 0 Å². The number of unbranched alkanes of at least 4 members (excludes halogenated alkanes) is 2. The molecular formula is C74H119N19O19. The van der Waals surface area contributed by atoms with Gasteiger partial charge in [-0.2, -0.15) is 0 Å². The monoisotopic (exact) mass is 1580 g/mol. The summed E-state index contributed by atoms with van der Waals surface area (Å²) >= 11 is 0. The minimum atomic E-state index is -1.83. The predicted octanol–water partition coefficient (Wildman–Crippen LogP) is -5.23. The fourth-order valence-electron chi connectivity index (χ4n) is 11.2. The second kappa shape index (κ2) is 50.9. The van der Waals surface area contributed by atoms with Crippen LogP contribution in [0.5, 0.6) is 0 Å². The molecule has 0 aliphatic rings. The Bertz CT molecular complexity index is 3480. The molecule has 38 nitrogen and oxygen atoms in total. The number of carbonyl (C=O) groups is 17. The van der Waals surface area contributed by atoms with Crippen LogP contribution in [0.4, 0.5) is 0 Å². The third-order valence-corrected chi connectivity index (χ3v) is 18.2. The second-order valence-corrected chi connectivity index (χ2v) is 28.4. The lowest BCUT2D eigenvalue weighted by Gasteiger charge is -2.30. The number of carbonyl (C=O) groups excluding carboxylic acids is 16. The zero-order valence-corrected chi connectivity index (χ0v) is 65.5. The molecule has 16 amide bonds. The highest BCUT2D eigenvalue weighted by Crippen LogP contribution is 2.16. The number of aliphatic hydroxyl groups is 1. The highest BCUT2D eigenvalue weighted by Gasteiger charge is 2.39. The van der Waals surface area contributed by atoms with Gasteiger partial charge in [0.1, 0.15) is 78.5 Å². The lowest BCUT2D eigenvalue weighted by molar-refractivity contribution is -0.141. The van der Waals surface area contributed by atoms with E-state index in [2.05, 4.69) is 74.4 Å². The standard InChI is InChI=1S/C74H119N19O19/c1-11-41(7)60(73(111)85-48(28-20-22-30-76)66(104)90-54(38-94)62(79)100)92-70(108)49(31-39(3)4)88-69(107)52(34-55(78)95)86-64(102)44(10)82-72(110)59(40(5)6)91-67(105)47(27-19-21-29-75)83-57(97)37-80-65(103)50(32-45-23-15-13-16-24-45)89-74(112)61(42(8)12-2)93-71(109)53(35-58(98)99)87-63(101)43(9)81-68(106)51(84-56(96)36-77)33-46-25-17-14-18-26-46/h13-18,23-26,39-44,47-54,59-61,94H,11-12,19-22,27-38,75-77H2,1-10H3,(H2,78,95)(H2,79,100)(H,80,103)(H,81,106)(H,82,110)(H,83,97)(H,84,96)(H,85,111)(H,86,102)(H,87,101)(H,88,107)(H,89,112)(H,90,104)(H,91,105)(H,92,108)(H,93,109)(H,98,99)/t41-,42-,43-,44-,47-,48-,49-,50-,51-,52-,53-,54-,59-,60-,61-/m0/s1. The van der Waals surface area contributed by atoms with Crippen molar-refractivity contribution in [2.24, 2.45) is 52.3 Å². The summed E-state index contributed by atoms with van der Waals surface area (Å²) in [5.74, 6) is -18.7. The molecule has 0 saturated carbocycles. The Labute approximate surface area is 652 Å². The van der Waals surface area contributed by atoms with Gasteiger partial charge < -0.3 is 113 Å². The van der Waals surface area contributed by atoms with Crippen molar-refractivity contribution in [2.45, 2.75) is 231 Å². The molecule has 0 saturated heterocycles. The molecule has 15 atom stereocenters. The molecule has 2 aromatic carbocycles. The van der Waals surface area contributed by atoms with Gasteiger partial charge >= 0.3 is 5.97 Å². The van der Waals surface area contributed by atoms with E-state index < -0.39 is 229 Å². The first-order valence-corrected chi connectivity index (χ1v) is 37.6. The number of aliphatic hydroxyl groups excluding tert-OH is 1. The Hall–Kier alpha value is -10.7. The normalized spacial score (nSPS) is 15.1. The van der Waals surface area contributed by atoms with Crippen molar-refractivity contribution in [3.63, 3.8) is 0 Å². The molecule has 0 radical (unpaired) electrons. The number of benzene rings is 2. The van der Waals surface area contributed by atoms with Crippen molar-refractivity contribution in [1.29, 1.82) is 0 Å².